The van der Waals surface area contributed by atoms with Gasteiger partial charge in [0.2, 0.25) is 0 Å². The van der Waals surface area contributed by atoms with Crippen LogP contribution in [0.25, 0.3) is 33.4 Å². The van der Waals surface area contributed by atoms with Crippen LogP contribution in [0.5, 0.6) is 0 Å². The zero-order valence-corrected chi connectivity index (χ0v) is 17.0. The number of amidine groups is 1. The van der Waals surface area contributed by atoms with Gasteiger partial charge in [0, 0.05) is 29.3 Å². The van der Waals surface area contributed by atoms with Crippen LogP contribution in [0.3, 0.4) is 0 Å². The van der Waals surface area contributed by atoms with Crippen molar-refractivity contribution in [2.45, 2.75) is 11.7 Å². The molecule has 2 aromatic carbocycles. The Kier molecular flexibility index (Phi) is 4.43. The predicted octanol–water partition coefficient (Wildman–Crippen LogP) is 3.36. The number of pyridine rings is 1. The van der Waals surface area contributed by atoms with Crippen molar-refractivity contribution in [3.05, 3.63) is 66.1 Å². The molecule has 2 aromatic heterocycles. The smallest absolute Gasteiger partial charge is 0.199 e. The summed E-state index contributed by atoms with van der Waals surface area (Å²) in [7, 11) is -1.35. The van der Waals surface area contributed by atoms with Crippen molar-refractivity contribution >= 4 is 27.5 Å². The van der Waals surface area contributed by atoms with Gasteiger partial charge in [0.1, 0.15) is 22.7 Å². The molecule has 1 unspecified atom stereocenters. The van der Waals surface area contributed by atoms with Gasteiger partial charge in [-0.1, -0.05) is 42.5 Å². The second-order valence-corrected chi connectivity index (χ2v) is 8.30. The van der Waals surface area contributed by atoms with Gasteiger partial charge in [-0.05, 0) is 12.1 Å². The van der Waals surface area contributed by atoms with Crippen LogP contribution in [-0.2, 0) is 17.3 Å². The number of imidazole rings is 1. The summed E-state index contributed by atoms with van der Waals surface area (Å²) in [5.74, 6) is -0.219. The van der Waals surface area contributed by atoms with Crippen molar-refractivity contribution < 1.29 is 8.60 Å². The highest BCUT2D eigenvalue weighted by molar-refractivity contribution is 7.84. The van der Waals surface area contributed by atoms with E-state index < -0.39 is 16.6 Å². The number of benzene rings is 2. The predicted molar refractivity (Wildman–Crippen MR) is 116 cm³/mol. The number of hydrogen-bond donors (Lipinski definition) is 1. The lowest BCUT2D eigenvalue weighted by atomic mass is 10.0. The van der Waals surface area contributed by atoms with Crippen LogP contribution in [0.15, 0.2) is 64.7 Å². The lowest BCUT2D eigenvalue weighted by Gasteiger charge is -2.15. The van der Waals surface area contributed by atoms with E-state index in [0.717, 1.165) is 5.56 Å². The zero-order valence-electron chi connectivity index (χ0n) is 16.2. The standard InChI is InChI=1S/C22H18FN5OS/c1-30(29)22-27-19(20-21(24)25-11-12-28(20)22)15-9-7-14-8-10-16(26-18(14)17(15)23)13-5-3-2-4-6-13/h2-10H,11-12H2,1H3,(H2,24,25). The maximum atomic E-state index is 15.7. The molecule has 0 saturated heterocycles. The number of rotatable bonds is 3. The van der Waals surface area contributed by atoms with E-state index in [1.165, 1.54) is 0 Å². The Labute approximate surface area is 174 Å². The summed E-state index contributed by atoms with van der Waals surface area (Å²) in [5.41, 5.74) is 9.06. The summed E-state index contributed by atoms with van der Waals surface area (Å²) in [6, 6.07) is 16.8. The first-order chi connectivity index (χ1) is 14.5. The molecule has 150 valence electrons. The Bertz CT molecular complexity index is 1350. The molecule has 30 heavy (non-hydrogen) atoms. The monoisotopic (exact) mass is 419 g/mol. The van der Waals surface area contributed by atoms with Crippen molar-refractivity contribution in [1.82, 2.24) is 14.5 Å². The molecule has 5 rings (SSSR count). The molecule has 1 aliphatic rings. The molecular weight excluding hydrogens is 401 g/mol. The summed E-state index contributed by atoms with van der Waals surface area (Å²) in [6.07, 6.45) is 1.55. The van der Waals surface area contributed by atoms with Crippen molar-refractivity contribution in [1.29, 1.82) is 0 Å². The van der Waals surface area contributed by atoms with E-state index in [9.17, 15) is 4.21 Å². The van der Waals surface area contributed by atoms with Crippen molar-refractivity contribution in [3.63, 3.8) is 0 Å². The third kappa shape index (κ3) is 2.91. The average molecular weight is 419 g/mol. The van der Waals surface area contributed by atoms with Crippen LogP contribution < -0.4 is 5.73 Å². The van der Waals surface area contributed by atoms with Crippen molar-refractivity contribution in [2.75, 3.05) is 12.8 Å². The maximum absolute atomic E-state index is 15.7. The maximum Gasteiger partial charge on any atom is 0.199 e. The molecule has 0 aliphatic carbocycles. The SMILES string of the molecule is CS(=O)c1nc(-c2ccc3ccc(-c4ccccc4)nc3c2F)c2n1CCN=C2N. The molecule has 8 heteroatoms. The first kappa shape index (κ1) is 18.6. The lowest BCUT2D eigenvalue weighted by Crippen LogP contribution is -2.26. The van der Waals surface area contributed by atoms with E-state index in [0.29, 0.717) is 40.7 Å². The highest BCUT2D eigenvalue weighted by atomic mass is 32.2. The fourth-order valence-electron chi connectivity index (χ4n) is 3.76. The van der Waals surface area contributed by atoms with Gasteiger partial charge < -0.3 is 10.3 Å². The van der Waals surface area contributed by atoms with Crippen molar-refractivity contribution in [2.24, 2.45) is 10.7 Å². The molecular formula is C22H18FN5OS. The fraction of sp³-hybridized carbons (Fsp3) is 0.136. The number of fused-ring (bicyclic) bond motifs is 2. The van der Waals surface area contributed by atoms with E-state index in [1.807, 2.05) is 42.5 Å². The fourth-order valence-corrected chi connectivity index (χ4v) is 4.47. The highest BCUT2D eigenvalue weighted by Crippen LogP contribution is 2.33. The van der Waals surface area contributed by atoms with Gasteiger partial charge in [-0.25, -0.2) is 14.4 Å². The molecule has 0 fully saturated rings. The minimum atomic E-state index is -1.35. The number of nitrogens with zero attached hydrogens (tertiary/aromatic N) is 4. The molecule has 0 radical (unpaired) electrons. The first-order valence-electron chi connectivity index (χ1n) is 9.44. The number of hydrogen-bond acceptors (Lipinski definition) is 5. The molecule has 0 bridgehead atoms. The molecule has 3 heterocycles. The molecule has 1 atom stereocenters. The minimum absolute atomic E-state index is 0.251. The Morgan fingerprint density at radius 2 is 1.83 bits per heavy atom. The van der Waals surface area contributed by atoms with Gasteiger partial charge >= 0.3 is 0 Å². The van der Waals surface area contributed by atoms with Crippen LogP contribution in [0.2, 0.25) is 0 Å². The van der Waals surface area contributed by atoms with Crippen LogP contribution in [-0.4, -0.2) is 37.4 Å². The van der Waals surface area contributed by atoms with Gasteiger partial charge in [0.15, 0.2) is 11.0 Å². The Morgan fingerprint density at radius 3 is 2.60 bits per heavy atom. The molecule has 1 aliphatic heterocycles. The van der Waals surface area contributed by atoms with E-state index in [2.05, 4.69) is 15.0 Å². The topological polar surface area (TPSA) is 86.2 Å². The summed E-state index contributed by atoms with van der Waals surface area (Å²) < 4.78 is 29.7. The molecule has 2 N–H and O–H groups in total. The van der Waals surface area contributed by atoms with E-state index in [-0.39, 0.29) is 16.9 Å². The van der Waals surface area contributed by atoms with Gasteiger partial charge in [-0.15, -0.1) is 0 Å². The Morgan fingerprint density at radius 1 is 1.07 bits per heavy atom. The first-order valence-corrected chi connectivity index (χ1v) is 11.0. The summed E-state index contributed by atoms with van der Waals surface area (Å²) >= 11 is 0. The second kappa shape index (κ2) is 7.14. The van der Waals surface area contributed by atoms with E-state index >= 15 is 4.39 Å². The summed E-state index contributed by atoms with van der Waals surface area (Å²) in [6.45, 7) is 0.977. The molecule has 4 aromatic rings. The molecule has 0 spiro atoms. The zero-order chi connectivity index (χ0) is 20.8. The normalized spacial score (nSPS) is 14.4. The number of halogens is 1. The molecule has 6 nitrogen and oxygen atoms in total. The van der Waals surface area contributed by atoms with Gasteiger partial charge in [-0.2, -0.15) is 0 Å². The Hall–Kier alpha value is -3.39. The number of nitrogens with two attached hydrogens (primary N) is 1. The van der Waals surface area contributed by atoms with Crippen LogP contribution >= 0.6 is 0 Å². The second-order valence-electron chi connectivity index (χ2n) is 7.03. The van der Waals surface area contributed by atoms with E-state index in [1.54, 1.807) is 23.0 Å². The quantitative estimate of drug-likeness (QED) is 0.552. The molecule has 0 saturated carbocycles. The van der Waals surface area contributed by atoms with Gasteiger partial charge in [0.05, 0.1) is 23.0 Å². The summed E-state index contributed by atoms with van der Waals surface area (Å²) in [4.78, 5) is 13.3. The van der Waals surface area contributed by atoms with Gasteiger partial charge in [-0.3, -0.25) is 9.20 Å². The van der Waals surface area contributed by atoms with Crippen LogP contribution in [0.1, 0.15) is 5.69 Å². The number of aromatic nitrogens is 3. The minimum Gasteiger partial charge on any atom is -0.382 e. The average Bonchev–Trinajstić information content (AvgIpc) is 3.16. The van der Waals surface area contributed by atoms with Crippen LogP contribution in [0, 0.1) is 5.82 Å². The third-order valence-corrected chi connectivity index (χ3v) is 5.99. The largest absolute Gasteiger partial charge is 0.382 e. The van der Waals surface area contributed by atoms with Crippen molar-refractivity contribution in [3.8, 4) is 22.5 Å². The summed E-state index contributed by atoms with van der Waals surface area (Å²) in [5, 5.41) is 1.05. The third-order valence-electron chi connectivity index (χ3n) is 5.16. The van der Waals surface area contributed by atoms with E-state index in [4.69, 9.17) is 5.73 Å². The molecule has 0 amide bonds. The van der Waals surface area contributed by atoms with Gasteiger partial charge in [0.25, 0.3) is 0 Å². The highest BCUT2D eigenvalue weighted by Gasteiger charge is 2.27. The lowest BCUT2D eigenvalue weighted by molar-refractivity contribution is 0.608. The van der Waals surface area contributed by atoms with Crippen LogP contribution in [0.4, 0.5) is 4.39 Å². The Balaban J connectivity index is 1.74. The number of aliphatic imine (C=N–C) groups is 1.